The molecule has 10 nitrogen and oxygen atoms in total. The number of aromatic hydroxyl groups is 1. The van der Waals surface area contributed by atoms with Gasteiger partial charge in [0.25, 0.3) is 11.8 Å². The van der Waals surface area contributed by atoms with Crippen molar-refractivity contribution in [1.82, 2.24) is 14.8 Å². The Bertz CT molecular complexity index is 2220. The highest BCUT2D eigenvalue weighted by molar-refractivity contribution is 6.13. The predicted octanol–water partition coefficient (Wildman–Crippen LogP) is 6.36. The molecule has 6 atom stereocenters. The average Bonchev–Trinajstić information content (AvgIpc) is 3.60. The van der Waals surface area contributed by atoms with Gasteiger partial charge in [-0.1, -0.05) is 96.1 Å². The van der Waals surface area contributed by atoms with Crippen LogP contribution in [0.15, 0.2) is 115 Å². The number of hydrogen-bond donors (Lipinski definition) is 2. The lowest BCUT2D eigenvalue weighted by atomic mass is 9.49. The third kappa shape index (κ3) is 5.64. The molecule has 0 bridgehead atoms. The van der Waals surface area contributed by atoms with Crippen molar-refractivity contribution in [3.8, 4) is 11.5 Å². The van der Waals surface area contributed by atoms with Crippen molar-refractivity contribution >= 4 is 29.3 Å². The van der Waals surface area contributed by atoms with Gasteiger partial charge in [-0.3, -0.25) is 34.4 Å². The highest BCUT2D eigenvalue weighted by Gasteiger charge is 2.70. The molecule has 3 heterocycles. The number of phenols is 1. The summed E-state index contributed by atoms with van der Waals surface area (Å²) in [6.45, 7) is 4.36. The molecule has 2 N–H and O–H groups in total. The summed E-state index contributed by atoms with van der Waals surface area (Å²) in [4.78, 5) is 63.5. The van der Waals surface area contributed by atoms with Crippen LogP contribution < -0.4 is 10.2 Å². The topological polar surface area (TPSA) is 119 Å². The molecule has 0 aromatic heterocycles. The number of nitrogens with one attached hydrogen (secondary N) is 1. The zero-order valence-corrected chi connectivity index (χ0v) is 31.6. The third-order valence-electron chi connectivity index (χ3n) is 13.1. The van der Waals surface area contributed by atoms with E-state index in [1.54, 1.807) is 17.0 Å². The zero-order chi connectivity index (χ0) is 38.7. The zero-order valence-electron chi connectivity index (χ0n) is 31.6. The lowest BCUT2D eigenvalue weighted by Gasteiger charge is -2.50. The first kappa shape index (κ1) is 35.9. The number of fused-ring (bicyclic) bond motifs is 4. The van der Waals surface area contributed by atoms with Crippen molar-refractivity contribution in [2.75, 3.05) is 25.6 Å². The number of imide groups is 2. The first-order valence-corrected chi connectivity index (χ1v) is 19.7. The summed E-state index contributed by atoms with van der Waals surface area (Å²) in [6, 6.07) is 31.9. The van der Waals surface area contributed by atoms with Crippen LogP contribution in [0.3, 0.4) is 0 Å². The van der Waals surface area contributed by atoms with Crippen molar-refractivity contribution in [2.24, 2.45) is 23.7 Å². The molecular weight excluding hydrogens is 705 g/mol. The second-order valence-electron chi connectivity index (χ2n) is 16.1. The number of carbonyl (C=O) groups excluding carboxylic acids is 4. The largest absolute Gasteiger partial charge is 0.508 e. The van der Waals surface area contributed by atoms with E-state index in [-0.39, 0.29) is 35.9 Å². The van der Waals surface area contributed by atoms with Gasteiger partial charge in [0.15, 0.2) is 0 Å². The molecule has 4 fully saturated rings. The van der Waals surface area contributed by atoms with Crippen molar-refractivity contribution in [3.05, 3.63) is 137 Å². The molecule has 4 amide bonds. The molecule has 4 aromatic rings. The number of carbonyl (C=O) groups is 4. The van der Waals surface area contributed by atoms with E-state index >= 15 is 4.79 Å². The van der Waals surface area contributed by atoms with Crippen LogP contribution in [-0.4, -0.2) is 69.8 Å². The van der Waals surface area contributed by atoms with E-state index in [2.05, 4.69) is 28.5 Å². The molecule has 2 aliphatic carbocycles. The van der Waals surface area contributed by atoms with Crippen LogP contribution in [0.4, 0.5) is 5.69 Å². The van der Waals surface area contributed by atoms with Crippen LogP contribution in [0.1, 0.15) is 53.9 Å². The van der Waals surface area contributed by atoms with Crippen molar-refractivity contribution in [3.63, 3.8) is 0 Å². The predicted molar refractivity (Wildman–Crippen MR) is 210 cm³/mol. The Labute approximate surface area is 326 Å². The number of ether oxygens (including phenoxy) is 1. The van der Waals surface area contributed by atoms with Crippen LogP contribution in [0, 0.1) is 30.6 Å². The van der Waals surface area contributed by atoms with Gasteiger partial charge < -0.3 is 9.84 Å². The fourth-order valence-corrected chi connectivity index (χ4v) is 10.6. The van der Waals surface area contributed by atoms with Gasteiger partial charge in [-0.15, -0.1) is 0 Å². The maximum atomic E-state index is 15.4. The highest BCUT2D eigenvalue weighted by atomic mass is 16.5. The summed E-state index contributed by atoms with van der Waals surface area (Å²) in [7, 11) is 1.52. The quantitative estimate of drug-likeness (QED) is 0.158. The van der Waals surface area contributed by atoms with Gasteiger partial charge in [-0.25, -0.2) is 0 Å². The standard InChI is InChI=1S/C46H46N4O6/c1-28-13-15-31(16-14-28)47-50-43(53)38-26-37-34(41(35-18-17-33(51)25-39(35)56-2)46(38,45(50)55)30-11-7-4-8-12-30)19-20-36-40(37)44(54)49(42(36)52)32-21-23-48(24-22-32)27-29-9-5-3-6-10-29/h3-19,25,32,36-38,40-41,47,51H,20-24,26-27H2,1-2H3/t36-,37+,38-,40-,41+,46+/m0/s1. The minimum atomic E-state index is -1.42. The molecule has 10 heteroatoms. The summed E-state index contributed by atoms with van der Waals surface area (Å²) in [5, 5.41) is 11.8. The molecule has 4 aromatic carbocycles. The minimum Gasteiger partial charge on any atom is -0.508 e. The number of allylic oxidation sites excluding steroid dienone is 2. The lowest BCUT2D eigenvalue weighted by Crippen LogP contribution is -2.53. The SMILES string of the molecule is COc1cc(O)ccc1[C@H]1C2=CC[C@@H]3C(=O)N(C4CCN(Cc5ccccc5)CC4)C(=O)[C@@H]3[C@@H]2C[C@H]2C(=O)N(Nc3ccc(C)cc3)C(=O)[C@@]12c1ccccc1. The normalized spacial score (nSPS) is 27.8. The first-order chi connectivity index (χ1) is 27.2. The van der Waals surface area contributed by atoms with Gasteiger partial charge in [-0.2, -0.15) is 5.01 Å². The van der Waals surface area contributed by atoms with Crippen molar-refractivity contribution < 1.29 is 29.0 Å². The fraction of sp³-hybridized carbons (Fsp3) is 0.348. The summed E-state index contributed by atoms with van der Waals surface area (Å²) in [5.41, 5.74) is 6.76. The Kier molecular flexibility index (Phi) is 9.04. The summed E-state index contributed by atoms with van der Waals surface area (Å²) >= 11 is 0. The van der Waals surface area contributed by atoms with E-state index in [1.165, 1.54) is 18.7 Å². The van der Waals surface area contributed by atoms with Crippen LogP contribution >= 0.6 is 0 Å². The molecule has 286 valence electrons. The Hall–Kier alpha value is -5.74. The number of hydrazine groups is 1. The Balaban J connectivity index is 1.12. The number of rotatable bonds is 8. The molecule has 0 radical (unpaired) electrons. The smallest absolute Gasteiger partial charge is 0.260 e. The maximum Gasteiger partial charge on any atom is 0.260 e. The molecule has 3 saturated heterocycles. The fourth-order valence-electron chi connectivity index (χ4n) is 10.6. The molecule has 56 heavy (non-hydrogen) atoms. The second kappa shape index (κ2) is 14.1. The molecule has 1 saturated carbocycles. The maximum absolute atomic E-state index is 15.4. The van der Waals surface area contributed by atoms with Gasteiger partial charge in [0.1, 0.15) is 11.5 Å². The minimum absolute atomic E-state index is 0.000488. The third-order valence-corrected chi connectivity index (χ3v) is 13.1. The number of phenolic OH excluding ortho intramolecular Hbond substituents is 1. The number of amides is 4. The van der Waals surface area contributed by atoms with Crippen LogP contribution in [0.2, 0.25) is 0 Å². The van der Waals surface area contributed by atoms with E-state index in [1.807, 2.05) is 79.7 Å². The van der Waals surface area contributed by atoms with Crippen LogP contribution in [0.5, 0.6) is 11.5 Å². The number of likely N-dealkylation sites (tertiary alicyclic amines) is 2. The summed E-state index contributed by atoms with van der Waals surface area (Å²) in [5.74, 6) is -4.03. The summed E-state index contributed by atoms with van der Waals surface area (Å²) < 4.78 is 5.91. The molecule has 5 aliphatic rings. The monoisotopic (exact) mass is 750 g/mol. The molecule has 0 spiro atoms. The number of anilines is 1. The Morgan fingerprint density at radius 2 is 1.52 bits per heavy atom. The highest BCUT2D eigenvalue weighted by Crippen LogP contribution is 2.65. The van der Waals surface area contributed by atoms with Gasteiger partial charge in [0.2, 0.25) is 11.8 Å². The van der Waals surface area contributed by atoms with Gasteiger partial charge in [0, 0.05) is 43.2 Å². The molecule has 3 aliphatic heterocycles. The lowest BCUT2D eigenvalue weighted by molar-refractivity contribution is -0.144. The number of benzene rings is 4. The number of hydrogen-bond acceptors (Lipinski definition) is 8. The van der Waals surface area contributed by atoms with Gasteiger partial charge in [0.05, 0.1) is 36.0 Å². The molecular formula is C46H46N4O6. The van der Waals surface area contributed by atoms with E-state index in [0.29, 0.717) is 41.8 Å². The van der Waals surface area contributed by atoms with Crippen molar-refractivity contribution in [1.29, 1.82) is 0 Å². The number of nitrogens with zero attached hydrogens (tertiary/aromatic N) is 3. The van der Waals surface area contributed by atoms with Gasteiger partial charge in [-0.05, 0) is 67.9 Å². The Morgan fingerprint density at radius 1 is 0.821 bits per heavy atom. The number of methoxy groups -OCH3 is 1. The van der Waals surface area contributed by atoms with Crippen LogP contribution in [0.25, 0.3) is 0 Å². The molecule has 0 unspecified atom stereocenters. The number of piperidine rings is 1. The number of aryl methyl sites for hydroxylation is 1. The van der Waals surface area contributed by atoms with E-state index in [9.17, 15) is 19.5 Å². The van der Waals surface area contributed by atoms with Crippen LogP contribution in [-0.2, 0) is 31.1 Å². The van der Waals surface area contributed by atoms with E-state index in [0.717, 1.165) is 35.8 Å². The average molecular weight is 751 g/mol. The first-order valence-electron chi connectivity index (χ1n) is 19.7. The van der Waals surface area contributed by atoms with E-state index in [4.69, 9.17) is 4.74 Å². The Morgan fingerprint density at radius 3 is 2.21 bits per heavy atom. The van der Waals surface area contributed by atoms with E-state index < -0.39 is 40.9 Å². The van der Waals surface area contributed by atoms with Gasteiger partial charge >= 0.3 is 0 Å². The second-order valence-corrected chi connectivity index (χ2v) is 16.1. The summed E-state index contributed by atoms with van der Waals surface area (Å²) in [6.07, 6.45) is 4.04. The molecule has 9 rings (SSSR count). The van der Waals surface area contributed by atoms with Crippen molar-refractivity contribution in [2.45, 2.75) is 56.5 Å².